The maximum Gasteiger partial charge on any atom is 0.253 e. The van der Waals surface area contributed by atoms with E-state index in [1.807, 2.05) is 17.0 Å². The van der Waals surface area contributed by atoms with Gasteiger partial charge in [0.25, 0.3) is 5.91 Å². The van der Waals surface area contributed by atoms with E-state index in [9.17, 15) is 4.79 Å². The van der Waals surface area contributed by atoms with Crippen LogP contribution in [0.2, 0.25) is 0 Å². The van der Waals surface area contributed by atoms with E-state index >= 15 is 0 Å². The van der Waals surface area contributed by atoms with Crippen molar-refractivity contribution >= 4 is 5.91 Å². The van der Waals surface area contributed by atoms with Gasteiger partial charge in [0.05, 0.1) is 18.7 Å². The molecule has 4 nitrogen and oxygen atoms in total. The predicted octanol–water partition coefficient (Wildman–Crippen LogP) is 3.20. The van der Waals surface area contributed by atoms with E-state index < -0.39 is 0 Å². The Morgan fingerprint density at radius 1 is 1.17 bits per heavy atom. The topological polar surface area (TPSA) is 53.3 Å². The number of rotatable bonds is 3. The number of benzene rings is 2. The normalized spacial score (nSPS) is 16.9. The van der Waals surface area contributed by atoms with Gasteiger partial charge in [0.2, 0.25) is 0 Å². The largest absolute Gasteiger partial charge is 0.497 e. The molecule has 0 unspecified atom stereocenters. The molecule has 1 aliphatic rings. The Morgan fingerprint density at radius 2 is 1.87 bits per heavy atom. The molecule has 4 heteroatoms. The van der Waals surface area contributed by atoms with Gasteiger partial charge in [-0.15, -0.1) is 0 Å². The third-order valence-electron chi connectivity index (χ3n) is 4.32. The lowest BCUT2D eigenvalue weighted by atomic mass is 9.98. The number of nitriles is 1. The molecule has 0 bridgehead atoms. The molecule has 0 saturated carbocycles. The molecule has 1 atom stereocenters. The molecule has 2 aromatic carbocycles. The van der Waals surface area contributed by atoms with Crippen LogP contribution in [0, 0.1) is 11.3 Å². The number of amides is 1. The Labute approximate surface area is 135 Å². The Kier molecular flexibility index (Phi) is 4.29. The van der Waals surface area contributed by atoms with Crippen molar-refractivity contribution in [3.63, 3.8) is 0 Å². The second-order valence-electron chi connectivity index (χ2n) is 5.70. The van der Waals surface area contributed by atoms with Gasteiger partial charge in [-0.25, -0.2) is 0 Å². The van der Waals surface area contributed by atoms with Crippen LogP contribution in [-0.2, 0) is 0 Å². The van der Waals surface area contributed by atoms with Gasteiger partial charge in [-0.05, 0) is 48.4 Å². The second kappa shape index (κ2) is 6.53. The molecule has 0 radical (unpaired) electrons. The molecular formula is C19H18N2O2. The highest BCUT2D eigenvalue weighted by molar-refractivity contribution is 5.94. The van der Waals surface area contributed by atoms with Crippen molar-refractivity contribution in [2.75, 3.05) is 20.2 Å². The van der Waals surface area contributed by atoms with Crippen LogP contribution in [0.15, 0.2) is 48.5 Å². The summed E-state index contributed by atoms with van der Waals surface area (Å²) in [6, 6.07) is 16.9. The first-order chi connectivity index (χ1) is 11.2. The third-order valence-corrected chi connectivity index (χ3v) is 4.32. The summed E-state index contributed by atoms with van der Waals surface area (Å²) in [5.74, 6) is 1.24. The van der Waals surface area contributed by atoms with Crippen LogP contribution < -0.4 is 4.74 Å². The molecule has 0 aliphatic carbocycles. The van der Waals surface area contributed by atoms with Crippen LogP contribution in [0.5, 0.6) is 5.75 Å². The summed E-state index contributed by atoms with van der Waals surface area (Å²) in [6.07, 6.45) is 0.967. The molecule has 1 fully saturated rings. The zero-order valence-electron chi connectivity index (χ0n) is 13.0. The number of methoxy groups -OCH3 is 1. The number of hydrogen-bond donors (Lipinski definition) is 0. The SMILES string of the molecule is COc1ccc([C@H]2CCN(C(=O)c3ccc(C#N)cc3)C2)cc1. The number of carbonyl (C=O) groups excluding carboxylic acids is 1. The minimum atomic E-state index is 0.0329. The van der Waals surface area contributed by atoms with Gasteiger partial charge in [-0.1, -0.05) is 12.1 Å². The number of ether oxygens (including phenoxy) is 1. The van der Waals surface area contributed by atoms with Crippen molar-refractivity contribution in [2.45, 2.75) is 12.3 Å². The Balaban J connectivity index is 1.68. The molecule has 0 aromatic heterocycles. The van der Waals surface area contributed by atoms with Crippen LogP contribution in [0.25, 0.3) is 0 Å². The van der Waals surface area contributed by atoms with Gasteiger partial charge in [0.1, 0.15) is 5.75 Å². The van der Waals surface area contributed by atoms with E-state index in [0.717, 1.165) is 25.3 Å². The zero-order chi connectivity index (χ0) is 16.2. The van der Waals surface area contributed by atoms with E-state index in [0.29, 0.717) is 17.0 Å². The number of hydrogen-bond acceptors (Lipinski definition) is 3. The fourth-order valence-electron chi connectivity index (χ4n) is 2.96. The Hall–Kier alpha value is -2.80. The van der Waals surface area contributed by atoms with E-state index in [4.69, 9.17) is 10.00 Å². The van der Waals surface area contributed by atoms with E-state index in [1.54, 1.807) is 31.4 Å². The van der Waals surface area contributed by atoms with Crippen LogP contribution in [0.3, 0.4) is 0 Å². The molecule has 116 valence electrons. The lowest BCUT2D eigenvalue weighted by Crippen LogP contribution is -2.28. The highest BCUT2D eigenvalue weighted by Gasteiger charge is 2.27. The Morgan fingerprint density at radius 3 is 2.48 bits per heavy atom. The van der Waals surface area contributed by atoms with Crippen molar-refractivity contribution in [3.05, 3.63) is 65.2 Å². The summed E-state index contributed by atoms with van der Waals surface area (Å²) in [4.78, 5) is 14.4. The van der Waals surface area contributed by atoms with Crippen molar-refractivity contribution in [1.82, 2.24) is 4.90 Å². The van der Waals surface area contributed by atoms with Gasteiger partial charge >= 0.3 is 0 Å². The summed E-state index contributed by atoms with van der Waals surface area (Å²) in [6.45, 7) is 1.49. The maximum absolute atomic E-state index is 12.5. The average molecular weight is 306 g/mol. The molecular weight excluding hydrogens is 288 g/mol. The molecule has 1 heterocycles. The molecule has 1 aliphatic heterocycles. The van der Waals surface area contributed by atoms with Crippen LogP contribution in [0.1, 0.15) is 33.8 Å². The Bertz CT molecular complexity index is 729. The predicted molar refractivity (Wildman–Crippen MR) is 87.4 cm³/mol. The van der Waals surface area contributed by atoms with Crippen molar-refractivity contribution in [3.8, 4) is 11.8 Å². The van der Waals surface area contributed by atoms with Crippen LogP contribution >= 0.6 is 0 Å². The quantitative estimate of drug-likeness (QED) is 0.875. The lowest BCUT2D eigenvalue weighted by Gasteiger charge is -2.17. The number of likely N-dealkylation sites (tertiary alicyclic amines) is 1. The minimum Gasteiger partial charge on any atom is -0.497 e. The van der Waals surface area contributed by atoms with Crippen molar-refractivity contribution < 1.29 is 9.53 Å². The summed E-state index contributed by atoms with van der Waals surface area (Å²) in [7, 11) is 1.66. The van der Waals surface area contributed by atoms with E-state index in [1.165, 1.54) is 5.56 Å². The molecule has 3 rings (SSSR count). The first-order valence-corrected chi connectivity index (χ1v) is 7.64. The van der Waals surface area contributed by atoms with Gasteiger partial charge < -0.3 is 9.64 Å². The summed E-state index contributed by atoms with van der Waals surface area (Å²) in [5.41, 5.74) is 2.44. The van der Waals surface area contributed by atoms with E-state index in [-0.39, 0.29) is 5.91 Å². The van der Waals surface area contributed by atoms with Gasteiger partial charge in [-0.3, -0.25) is 4.79 Å². The minimum absolute atomic E-state index is 0.0329. The van der Waals surface area contributed by atoms with Gasteiger partial charge in [-0.2, -0.15) is 5.26 Å². The zero-order valence-corrected chi connectivity index (χ0v) is 13.0. The molecule has 0 N–H and O–H groups in total. The number of carbonyl (C=O) groups is 1. The fourth-order valence-corrected chi connectivity index (χ4v) is 2.96. The second-order valence-corrected chi connectivity index (χ2v) is 5.70. The molecule has 0 spiro atoms. The third kappa shape index (κ3) is 3.19. The molecule has 1 amide bonds. The first-order valence-electron chi connectivity index (χ1n) is 7.64. The molecule has 23 heavy (non-hydrogen) atoms. The number of nitrogens with zero attached hydrogens (tertiary/aromatic N) is 2. The standard InChI is InChI=1S/C19H18N2O2/c1-23-18-8-6-15(7-9-18)17-10-11-21(13-17)19(22)16-4-2-14(12-20)3-5-16/h2-9,17H,10-11,13H2,1H3/t17-/m0/s1. The smallest absolute Gasteiger partial charge is 0.253 e. The van der Waals surface area contributed by atoms with Crippen LogP contribution in [-0.4, -0.2) is 31.0 Å². The molecule has 1 saturated heterocycles. The van der Waals surface area contributed by atoms with Gasteiger partial charge in [0.15, 0.2) is 0 Å². The summed E-state index contributed by atoms with van der Waals surface area (Å²) >= 11 is 0. The highest BCUT2D eigenvalue weighted by atomic mass is 16.5. The van der Waals surface area contributed by atoms with E-state index in [2.05, 4.69) is 18.2 Å². The molecule has 2 aromatic rings. The van der Waals surface area contributed by atoms with Crippen molar-refractivity contribution in [2.24, 2.45) is 0 Å². The lowest BCUT2D eigenvalue weighted by molar-refractivity contribution is 0.0791. The summed E-state index contributed by atoms with van der Waals surface area (Å²) in [5, 5.41) is 8.82. The first kappa shape index (κ1) is 15.1. The fraction of sp³-hybridized carbons (Fsp3) is 0.263. The summed E-state index contributed by atoms with van der Waals surface area (Å²) < 4.78 is 5.18. The average Bonchev–Trinajstić information content (AvgIpc) is 3.11. The van der Waals surface area contributed by atoms with Crippen LogP contribution in [0.4, 0.5) is 0 Å². The van der Waals surface area contributed by atoms with Crippen molar-refractivity contribution in [1.29, 1.82) is 5.26 Å². The monoisotopic (exact) mass is 306 g/mol. The van der Waals surface area contributed by atoms with Gasteiger partial charge in [0, 0.05) is 24.6 Å². The highest BCUT2D eigenvalue weighted by Crippen LogP contribution is 2.29. The maximum atomic E-state index is 12.5.